The van der Waals surface area contributed by atoms with Gasteiger partial charge in [0.05, 0.1) is 32.6 Å². The molecule has 7 heteroatoms. The number of benzene rings is 2. The summed E-state index contributed by atoms with van der Waals surface area (Å²) in [6.07, 6.45) is 2.46. The second-order valence-corrected chi connectivity index (χ2v) is 7.11. The van der Waals surface area contributed by atoms with Crippen molar-refractivity contribution in [2.45, 2.75) is 19.6 Å². The Kier molecular flexibility index (Phi) is 5.29. The molecule has 0 saturated heterocycles. The summed E-state index contributed by atoms with van der Waals surface area (Å²) in [5, 5.41) is 15.2. The molecule has 0 saturated carbocycles. The molecule has 0 bridgehead atoms. The highest BCUT2D eigenvalue weighted by molar-refractivity contribution is 5.65. The normalized spacial score (nSPS) is 12.1. The van der Waals surface area contributed by atoms with Gasteiger partial charge < -0.3 is 19.1 Å². The van der Waals surface area contributed by atoms with Gasteiger partial charge in [0, 0.05) is 18.0 Å². The van der Waals surface area contributed by atoms with Gasteiger partial charge in [-0.1, -0.05) is 35.9 Å². The third-order valence-corrected chi connectivity index (χ3v) is 5.11. The lowest BCUT2D eigenvalue weighted by atomic mass is 10.1. The average Bonchev–Trinajstić information content (AvgIpc) is 3.20. The summed E-state index contributed by atoms with van der Waals surface area (Å²) >= 11 is 0. The van der Waals surface area contributed by atoms with Gasteiger partial charge >= 0.3 is 0 Å². The molecule has 0 spiro atoms. The predicted octanol–water partition coefficient (Wildman–Crippen LogP) is 3.22. The Balaban J connectivity index is 1.64. The fourth-order valence-corrected chi connectivity index (χ4v) is 3.39. The minimum atomic E-state index is -0.885. The molecular weight excluding hydrogens is 382 g/mol. The fraction of sp³-hybridized carbons (Fsp3) is 0.217. The molecular formula is C23H23N3O4. The van der Waals surface area contributed by atoms with E-state index in [9.17, 15) is 9.90 Å². The number of aliphatic hydroxyl groups excluding tert-OH is 1. The van der Waals surface area contributed by atoms with Crippen molar-refractivity contribution < 1.29 is 14.6 Å². The zero-order valence-corrected chi connectivity index (χ0v) is 17.1. The lowest BCUT2D eigenvalue weighted by Gasteiger charge is -2.15. The van der Waals surface area contributed by atoms with Crippen LogP contribution >= 0.6 is 0 Å². The molecule has 2 aromatic carbocycles. The molecule has 0 unspecified atom stereocenters. The monoisotopic (exact) mass is 405 g/mol. The molecule has 2 heterocycles. The van der Waals surface area contributed by atoms with Crippen LogP contribution in [0.1, 0.15) is 17.2 Å². The smallest absolute Gasteiger partial charge is 0.276 e. The van der Waals surface area contributed by atoms with E-state index in [0.29, 0.717) is 22.6 Å². The topological polar surface area (TPSA) is 78.0 Å². The van der Waals surface area contributed by atoms with Crippen LogP contribution in [-0.2, 0) is 6.54 Å². The van der Waals surface area contributed by atoms with Gasteiger partial charge in [-0.2, -0.15) is 5.10 Å². The Labute approximate surface area is 173 Å². The Bertz CT molecular complexity index is 1240. The van der Waals surface area contributed by atoms with Crippen molar-refractivity contribution in [2.24, 2.45) is 0 Å². The molecule has 4 rings (SSSR count). The first-order valence-electron chi connectivity index (χ1n) is 9.56. The molecule has 154 valence electrons. The second kappa shape index (κ2) is 8.04. The summed E-state index contributed by atoms with van der Waals surface area (Å²) in [6, 6.07) is 15.0. The van der Waals surface area contributed by atoms with E-state index in [1.54, 1.807) is 48.3 Å². The summed E-state index contributed by atoms with van der Waals surface area (Å²) < 4.78 is 13.6. The van der Waals surface area contributed by atoms with Crippen molar-refractivity contribution >= 4 is 5.52 Å². The number of fused-ring (bicyclic) bond motifs is 1. The van der Waals surface area contributed by atoms with Gasteiger partial charge in [0.15, 0.2) is 11.5 Å². The number of aliphatic hydroxyl groups is 1. The number of aryl methyl sites for hydroxylation is 1. The van der Waals surface area contributed by atoms with E-state index < -0.39 is 6.10 Å². The van der Waals surface area contributed by atoms with Crippen molar-refractivity contribution in [1.29, 1.82) is 0 Å². The maximum atomic E-state index is 13.0. The number of methoxy groups -OCH3 is 2. The van der Waals surface area contributed by atoms with Crippen LogP contribution in [0.25, 0.3) is 16.8 Å². The van der Waals surface area contributed by atoms with Gasteiger partial charge in [-0.25, -0.2) is 4.52 Å². The van der Waals surface area contributed by atoms with Crippen LogP contribution in [0.4, 0.5) is 0 Å². The third-order valence-electron chi connectivity index (χ3n) is 5.11. The van der Waals surface area contributed by atoms with Crippen LogP contribution in [-0.4, -0.2) is 33.5 Å². The van der Waals surface area contributed by atoms with Gasteiger partial charge in [0.1, 0.15) is 5.52 Å². The maximum absolute atomic E-state index is 13.0. The highest BCUT2D eigenvalue weighted by Gasteiger charge is 2.15. The summed E-state index contributed by atoms with van der Waals surface area (Å²) in [4.78, 5) is 13.0. The van der Waals surface area contributed by atoms with Crippen molar-refractivity contribution in [1.82, 2.24) is 14.2 Å². The Morgan fingerprint density at radius 3 is 2.43 bits per heavy atom. The van der Waals surface area contributed by atoms with Gasteiger partial charge in [0.25, 0.3) is 5.56 Å². The lowest BCUT2D eigenvalue weighted by molar-refractivity contribution is 0.154. The highest BCUT2D eigenvalue weighted by atomic mass is 16.5. The molecule has 1 atom stereocenters. The van der Waals surface area contributed by atoms with Crippen LogP contribution in [0.2, 0.25) is 0 Å². The minimum Gasteiger partial charge on any atom is -0.493 e. The van der Waals surface area contributed by atoms with Crippen molar-refractivity contribution in [3.63, 3.8) is 0 Å². The SMILES string of the molecule is COc1ccc([C@H](O)Cn2ccn3nc(-c4ccc(C)cc4)cc3c2=O)cc1OC. The van der Waals surface area contributed by atoms with Crippen molar-refractivity contribution in [3.8, 4) is 22.8 Å². The van der Waals surface area contributed by atoms with Gasteiger partial charge in [0.2, 0.25) is 0 Å². The molecule has 30 heavy (non-hydrogen) atoms. The number of hydrogen-bond acceptors (Lipinski definition) is 5. The van der Waals surface area contributed by atoms with E-state index in [-0.39, 0.29) is 12.1 Å². The van der Waals surface area contributed by atoms with E-state index >= 15 is 0 Å². The average molecular weight is 405 g/mol. The van der Waals surface area contributed by atoms with Crippen molar-refractivity contribution in [2.75, 3.05) is 14.2 Å². The molecule has 4 aromatic rings. The number of nitrogens with zero attached hydrogens (tertiary/aromatic N) is 3. The first-order valence-corrected chi connectivity index (χ1v) is 9.56. The maximum Gasteiger partial charge on any atom is 0.276 e. The molecule has 7 nitrogen and oxygen atoms in total. The molecule has 0 amide bonds. The number of hydrogen-bond donors (Lipinski definition) is 1. The predicted molar refractivity (Wildman–Crippen MR) is 114 cm³/mol. The molecule has 2 aromatic heterocycles. The van der Waals surface area contributed by atoms with Gasteiger partial charge in [-0.3, -0.25) is 4.79 Å². The standard InChI is InChI=1S/C23H23N3O4/c1-15-4-6-16(7-5-15)18-13-19-23(28)25(10-11-26(19)24-18)14-20(27)17-8-9-21(29-2)22(12-17)30-3/h4-13,20,27H,14H2,1-3H3/t20-/m1/s1. The molecule has 0 aliphatic rings. The first kappa shape index (κ1) is 19.7. The largest absolute Gasteiger partial charge is 0.493 e. The van der Waals surface area contributed by atoms with E-state index in [1.807, 2.05) is 31.2 Å². The zero-order chi connectivity index (χ0) is 21.3. The van der Waals surface area contributed by atoms with Gasteiger partial charge in [-0.05, 0) is 30.7 Å². The molecule has 0 aliphatic carbocycles. The number of aromatic nitrogens is 3. The molecule has 0 aliphatic heterocycles. The van der Waals surface area contributed by atoms with E-state index in [0.717, 1.165) is 16.8 Å². The second-order valence-electron chi connectivity index (χ2n) is 7.11. The van der Waals surface area contributed by atoms with Crippen molar-refractivity contribution in [3.05, 3.63) is 82.4 Å². The number of rotatable bonds is 6. The Morgan fingerprint density at radius 2 is 1.73 bits per heavy atom. The fourth-order valence-electron chi connectivity index (χ4n) is 3.39. The number of ether oxygens (including phenoxy) is 2. The first-order chi connectivity index (χ1) is 14.5. The highest BCUT2D eigenvalue weighted by Crippen LogP contribution is 2.30. The summed E-state index contributed by atoms with van der Waals surface area (Å²) in [5.41, 5.74) is 3.70. The Morgan fingerprint density at radius 1 is 1.00 bits per heavy atom. The zero-order valence-electron chi connectivity index (χ0n) is 17.1. The lowest BCUT2D eigenvalue weighted by Crippen LogP contribution is -2.24. The van der Waals surface area contributed by atoms with Gasteiger partial charge in [-0.15, -0.1) is 0 Å². The molecule has 0 radical (unpaired) electrons. The van der Waals surface area contributed by atoms with E-state index in [1.165, 1.54) is 11.7 Å². The third kappa shape index (κ3) is 3.67. The van der Waals surface area contributed by atoms with Crippen LogP contribution < -0.4 is 15.0 Å². The van der Waals surface area contributed by atoms with E-state index in [4.69, 9.17) is 9.47 Å². The molecule has 0 fully saturated rings. The summed E-state index contributed by atoms with van der Waals surface area (Å²) in [7, 11) is 3.09. The minimum absolute atomic E-state index is 0.107. The summed E-state index contributed by atoms with van der Waals surface area (Å²) in [5.74, 6) is 1.10. The Hall–Kier alpha value is -3.58. The molecule has 1 N–H and O–H groups in total. The quantitative estimate of drug-likeness (QED) is 0.533. The van der Waals surface area contributed by atoms with Crippen LogP contribution in [0, 0.1) is 6.92 Å². The summed E-state index contributed by atoms with van der Waals surface area (Å²) in [6.45, 7) is 2.13. The van der Waals surface area contributed by atoms with Crippen LogP contribution in [0.3, 0.4) is 0 Å². The van der Waals surface area contributed by atoms with Crippen LogP contribution in [0.15, 0.2) is 65.7 Å². The van der Waals surface area contributed by atoms with Crippen LogP contribution in [0.5, 0.6) is 11.5 Å². The van der Waals surface area contributed by atoms with E-state index in [2.05, 4.69) is 5.10 Å².